The molecule has 0 amide bonds. The van der Waals surface area contributed by atoms with Gasteiger partial charge in [0.1, 0.15) is 0 Å². The Morgan fingerprint density at radius 2 is 1.89 bits per heavy atom. The summed E-state index contributed by atoms with van der Waals surface area (Å²) in [6, 6.07) is 0.674. The molecule has 0 bridgehead atoms. The smallest absolute Gasteiger partial charge is 0.0469 e. The molecule has 0 aromatic rings. The zero-order chi connectivity index (χ0) is 13.4. The zero-order valence-corrected chi connectivity index (χ0v) is 12.7. The lowest BCUT2D eigenvalue weighted by Crippen LogP contribution is -2.37. The molecule has 1 aliphatic heterocycles. The van der Waals surface area contributed by atoms with Crippen LogP contribution in [0.2, 0.25) is 0 Å². The highest BCUT2D eigenvalue weighted by atomic mass is 16.5. The van der Waals surface area contributed by atoms with Crippen LogP contribution in [0.3, 0.4) is 0 Å². The Kier molecular flexibility index (Phi) is 7.87. The lowest BCUT2D eigenvalue weighted by atomic mass is 9.99. The number of rotatable bonds is 8. The van der Waals surface area contributed by atoms with Crippen molar-refractivity contribution in [2.75, 3.05) is 39.9 Å². The fourth-order valence-electron chi connectivity index (χ4n) is 2.44. The molecular formula is C15H32N2O. The van der Waals surface area contributed by atoms with Crippen molar-refractivity contribution < 1.29 is 4.74 Å². The van der Waals surface area contributed by atoms with Crippen molar-refractivity contribution in [2.24, 2.45) is 11.8 Å². The van der Waals surface area contributed by atoms with E-state index in [0.29, 0.717) is 6.04 Å². The van der Waals surface area contributed by atoms with E-state index in [1.54, 1.807) is 0 Å². The minimum absolute atomic E-state index is 0.674. The summed E-state index contributed by atoms with van der Waals surface area (Å²) in [5, 5.41) is 3.53. The van der Waals surface area contributed by atoms with E-state index in [-0.39, 0.29) is 0 Å². The molecule has 108 valence electrons. The second kappa shape index (κ2) is 8.89. The van der Waals surface area contributed by atoms with Gasteiger partial charge in [0, 0.05) is 25.8 Å². The summed E-state index contributed by atoms with van der Waals surface area (Å²) < 4.78 is 5.42. The van der Waals surface area contributed by atoms with Crippen molar-refractivity contribution in [1.29, 1.82) is 0 Å². The first-order chi connectivity index (χ1) is 8.59. The number of nitrogens with zero attached hydrogens (tertiary/aromatic N) is 1. The van der Waals surface area contributed by atoms with Gasteiger partial charge in [0.05, 0.1) is 0 Å². The predicted molar refractivity (Wildman–Crippen MR) is 78.0 cm³/mol. The third kappa shape index (κ3) is 6.72. The van der Waals surface area contributed by atoms with Crippen LogP contribution in [0, 0.1) is 11.8 Å². The van der Waals surface area contributed by atoms with Crippen LogP contribution < -0.4 is 5.32 Å². The van der Waals surface area contributed by atoms with Gasteiger partial charge in [-0.1, -0.05) is 13.8 Å². The summed E-state index contributed by atoms with van der Waals surface area (Å²) in [5.74, 6) is 1.59. The third-order valence-electron chi connectivity index (χ3n) is 3.93. The minimum atomic E-state index is 0.674. The predicted octanol–water partition coefficient (Wildman–Crippen LogP) is 2.37. The molecule has 1 heterocycles. The van der Waals surface area contributed by atoms with E-state index in [0.717, 1.165) is 38.1 Å². The highest BCUT2D eigenvalue weighted by Gasteiger charge is 2.18. The van der Waals surface area contributed by atoms with Gasteiger partial charge in [0.2, 0.25) is 0 Å². The van der Waals surface area contributed by atoms with Crippen LogP contribution in [0.1, 0.15) is 40.0 Å². The van der Waals surface area contributed by atoms with Crippen LogP contribution in [0.25, 0.3) is 0 Å². The molecule has 0 aromatic carbocycles. The molecule has 0 aromatic heterocycles. The fourth-order valence-corrected chi connectivity index (χ4v) is 2.44. The average Bonchev–Trinajstić information content (AvgIpc) is 2.35. The minimum Gasteiger partial charge on any atom is -0.381 e. The topological polar surface area (TPSA) is 24.5 Å². The van der Waals surface area contributed by atoms with Crippen LogP contribution in [0.15, 0.2) is 0 Å². The molecule has 1 fully saturated rings. The molecule has 1 N–H and O–H groups in total. The normalized spacial score (nSPS) is 19.7. The van der Waals surface area contributed by atoms with Crippen molar-refractivity contribution in [3.05, 3.63) is 0 Å². The van der Waals surface area contributed by atoms with Gasteiger partial charge >= 0.3 is 0 Å². The van der Waals surface area contributed by atoms with E-state index >= 15 is 0 Å². The zero-order valence-electron chi connectivity index (χ0n) is 12.7. The van der Waals surface area contributed by atoms with E-state index in [2.05, 4.69) is 38.0 Å². The molecule has 3 heteroatoms. The molecule has 3 nitrogen and oxygen atoms in total. The molecule has 0 radical (unpaired) electrons. The van der Waals surface area contributed by atoms with Gasteiger partial charge in [-0.05, 0) is 58.2 Å². The summed E-state index contributed by atoms with van der Waals surface area (Å²) in [5.41, 5.74) is 0. The monoisotopic (exact) mass is 256 g/mol. The second-order valence-electron chi connectivity index (χ2n) is 6.23. The summed E-state index contributed by atoms with van der Waals surface area (Å²) in [6.45, 7) is 12.3. The second-order valence-corrected chi connectivity index (χ2v) is 6.23. The van der Waals surface area contributed by atoms with Crippen LogP contribution in [-0.2, 0) is 4.74 Å². The Morgan fingerprint density at radius 1 is 1.22 bits per heavy atom. The SMILES string of the molecule is CC(C)CNCCC(C)N(C)CC1CCOCC1. The molecule has 1 saturated heterocycles. The Hall–Kier alpha value is -0.120. The van der Waals surface area contributed by atoms with Crippen molar-refractivity contribution in [3.63, 3.8) is 0 Å². The first-order valence-electron chi connectivity index (χ1n) is 7.58. The molecule has 0 aliphatic carbocycles. The van der Waals surface area contributed by atoms with Gasteiger partial charge in [-0.3, -0.25) is 0 Å². The largest absolute Gasteiger partial charge is 0.381 e. The molecule has 1 rings (SSSR count). The molecular weight excluding hydrogens is 224 g/mol. The maximum absolute atomic E-state index is 5.42. The van der Waals surface area contributed by atoms with E-state index in [4.69, 9.17) is 4.74 Å². The van der Waals surface area contributed by atoms with E-state index in [1.165, 1.54) is 25.8 Å². The van der Waals surface area contributed by atoms with Crippen molar-refractivity contribution in [3.8, 4) is 0 Å². The molecule has 1 atom stereocenters. The quantitative estimate of drug-likeness (QED) is 0.675. The summed E-state index contributed by atoms with van der Waals surface area (Å²) in [4.78, 5) is 2.52. The highest BCUT2D eigenvalue weighted by Crippen LogP contribution is 2.17. The summed E-state index contributed by atoms with van der Waals surface area (Å²) in [7, 11) is 2.27. The Balaban J connectivity index is 2.09. The van der Waals surface area contributed by atoms with Crippen LogP contribution in [0.5, 0.6) is 0 Å². The molecule has 1 unspecified atom stereocenters. The van der Waals surface area contributed by atoms with Crippen LogP contribution in [0.4, 0.5) is 0 Å². The maximum atomic E-state index is 5.42. The standard InChI is InChI=1S/C15H32N2O/c1-13(2)11-16-8-5-14(3)17(4)12-15-6-9-18-10-7-15/h13-16H,5-12H2,1-4H3. The van der Waals surface area contributed by atoms with Gasteiger partial charge in [-0.2, -0.15) is 0 Å². The highest BCUT2D eigenvalue weighted by molar-refractivity contribution is 4.71. The number of nitrogens with one attached hydrogen (secondary N) is 1. The molecule has 0 saturated carbocycles. The number of hydrogen-bond acceptors (Lipinski definition) is 3. The molecule has 18 heavy (non-hydrogen) atoms. The number of hydrogen-bond donors (Lipinski definition) is 1. The van der Waals surface area contributed by atoms with E-state index < -0.39 is 0 Å². The van der Waals surface area contributed by atoms with Crippen molar-refractivity contribution in [1.82, 2.24) is 10.2 Å². The van der Waals surface area contributed by atoms with Crippen molar-refractivity contribution >= 4 is 0 Å². The third-order valence-corrected chi connectivity index (χ3v) is 3.93. The van der Waals surface area contributed by atoms with Gasteiger partial charge in [0.15, 0.2) is 0 Å². The van der Waals surface area contributed by atoms with Crippen LogP contribution in [-0.4, -0.2) is 50.8 Å². The Labute approximate surface area is 113 Å². The van der Waals surface area contributed by atoms with Gasteiger partial charge in [0.25, 0.3) is 0 Å². The Bertz CT molecular complexity index is 203. The fraction of sp³-hybridized carbons (Fsp3) is 1.00. The lowest BCUT2D eigenvalue weighted by Gasteiger charge is -2.31. The molecule has 0 spiro atoms. The summed E-state index contributed by atoms with van der Waals surface area (Å²) in [6.07, 6.45) is 3.72. The Morgan fingerprint density at radius 3 is 2.50 bits per heavy atom. The first kappa shape index (κ1) is 15.9. The van der Waals surface area contributed by atoms with Gasteiger partial charge in [-0.25, -0.2) is 0 Å². The van der Waals surface area contributed by atoms with Crippen molar-refractivity contribution in [2.45, 2.75) is 46.1 Å². The first-order valence-corrected chi connectivity index (χ1v) is 7.58. The van der Waals surface area contributed by atoms with Crippen LogP contribution >= 0.6 is 0 Å². The summed E-state index contributed by atoms with van der Waals surface area (Å²) >= 11 is 0. The van der Waals surface area contributed by atoms with Gasteiger partial charge < -0.3 is 15.0 Å². The van der Waals surface area contributed by atoms with E-state index in [1.807, 2.05) is 0 Å². The number of ether oxygens (including phenoxy) is 1. The lowest BCUT2D eigenvalue weighted by molar-refractivity contribution is 0.0508. The maximum Gasteiger partial charge on any atom is 0.0469 e. The van der Waals surface area contributed by atoms with E-state index in [9.17, 15) is 0 Å². The van der Waals surface area contributed by atoms with Gasteiger partial charge in [-0.15, -0.1) is 0 Å². The average molecular weight is 256 g/mol. The molecule has 1 aliphatic rings.